The van der Waals surface area contributed by atoms with E-state index in [0.717, 1.165) is 43.5 Å². The van der Waals surface area contributed by atoms with Gasteiger partial charge in [0.1, 0.15) is 17.6 Å². The van der Waals surface area contributed by atoms with E-state index in [9.17, 15) is 0 Å². The molecule has 0 radical (unpaired) electrons. The lowest BCUT2D eigenvalue weighted by molar-refractivity contribution is -0.0367. The molecule has 4 heteroatoms. The van der Waals surface area contributed by atoms with Crippen molar-refractivity contribution in [3.05, 3.63) is 53.2 Å². The Labute approximate surface area is 119 Å². The molecule has 1 unspecified atom stereocenters. The van der Waals surface area contributed by atoms with E-state index in [-0.39, 0.29) is 6.10 Å². The van der Waals surface area contributed by atoms with Crippen molar-refractivity contribution < 1.29 is 9.15 Å². The summed E-state index contributed by atoms with van der Waals surface area (Å²) in [6.07, 6.45) is 1.95. The van der Waals surface area contributed by atoms with Crippen molar-refractivity contribution >= 4 is 0 Å². The van der Waals surface area contributed by atoms with Crippen LogP contribution in [0.4, 0.5) is 0 Å². The van der Waals surface area contributed by atoms with Gasteiger partial charge in [0.05, 0.1) is 18.8 Å². The van der Waals surface area contributed by atoms with E-state index in [1.54, 1.807) is 0 Å². The van der Waals surface area contributed by atoms with Gasteiger partial charge in [-0.1, -0.05) is 6.07 Å². The second kappa shape index (κ2) is 5.77. The van der Waals surface area contributed by atoms with Crippen LogP contribution in [-0.2, 0) is 11.3 Å². The van der Waals surface area contributed by atoms with E-state index in [1.807, 2.05) is 32.2 Å². The van der Waals surface area contributed by atoms with E-state index in [1.165, 1.54) is 5.56 Å². The molecule has 1 atom stereocenters. The first-order chi connectivity index (χ1) is 9.70. The Hall–Kier alpha value is -1.65. The first-order valence-electron chi connectivity index (χ1n) is 7.02. The third kappa shape index (κ3) is 3.08. The minimum Gasteiger partial charge on any atom is -0.465 e. The van der Waals surface area contributed by atoms with Crippen LogP contribution in [0.1, 0.15) is 28.9 Å². The topological polar surface area (TPSA) is 38.5 Å². The molecular formula is C16H20N2O2. The number of aromatic nitrogens is 1. The van der Waals surface area contributed by atoms with Crippen molar-refractivity contribution in [2.24, 2.45) is 0 Å². The van der Waals surface area contributed by atoms with E-state index < -0.39 is 0 Å². The number of morpholine rings is 1. The van der Waals surface area contributed by atoms with Crippen LogP contribution < -0.4 is 0 Å². The van der Waals surface area contributed by atoms with Gasteiger partial charge in [0, 0.05) is 19.3 Å². The average Bonchev–Trinajstić information content (AvgIpc) is 2.85. The maximum Gasteiger partial charge on any atom is 0.118 e. The SMILES string of the molecule is Cc1ccc(C2CN(Cc3ccc(C)o3)CCO2)nc1. The second-order valence-corrected chi connectivity index (χ2v) is 5.37. The summed E-state index contributed by atoms with van der Waals surface area (Å²) in [7, 11) is 0. The third-order valence-electron chi connectivity index (χ3n) is 3.59. The van der Waals surface area contributed by atoms with Gasteiger partial charge in [0.25, 0.3) is 0 Å². The van der Waals surface area contributed by atoms with Crippen molar-refractivity contribution in [3.8, 4) is 0 Å². The van der Waals surface area contributed by atoms with E-state index >= 15 is 0 Å². The van der Waals surface area contributed by atoms with Gasteiger partial charge in [-0.15, -0.1) is 0 Å². The molecule has 3 rings (SSSR count). The van der Waals surface area contributed by atoms with Gasteiger partial charge in [-0.2, -0.15) is 0 Å². The molecule has 20 heavy (non-hydrogen) atoms. The smallest absolute Gasteiger partial charge is 0.118 e. The molecule has 1 saturated heterocycles. The lowest BCUT2D eigenvalue weighted by Gasteiger charge is -2.32. The maximum absolute atomic E-state index is 5.84. The zero-order chi connectivity index (χ0) is 13.9. The van der Waals surface area contributed by atoms with Crippen LogP contribution >= 0.6 is 0 Å². The number of hydrogen-bond donors (Lipinski definition) is 0. The highest BCUT2D eigenvalue weighted by molar-refractivity contribution is 5.15. The van der Waals surface area contributed by atoms with Gasteiger partial charge in [0.2, 0.25) is 0 Å². The van der Waals surface area contributed by atoms with Gasteiger partial charge in [0.15, 0.2) is 0 Å². The zero-order valence-corrected chi connectivity index (χ0v) is 12.0. The van der Waals surface area contributed by atoms with Crippen molar-refractivity contribution in [2.75, 3.05) is 19.7 Å². The molecule has 0 bridgehead atoms. The summed E-state index contributed by atoms with van der Waals surface area (Å²) in [5, 5.41) is 0. The van der Waals surface area contributed by atoms with Gasteiger partial charge >= 0.3 is 0 Å². The first-order valence-corrected chi connectivity index (χ1v) is 7.02. The van der Waals surface area contributed by atoms with Crippen molar-refractivity contribution in [3.63, 3.8) is 0 Å². The molecular weight excluding hydrogens is 252 g/mol. The third-order valence-corrected chi connectivity index (χ3v) is 3.59. The highest BCUT2D eigenvalue weighted by Gasteiger charge is 2.23. The Bertz CT molecular complexity index is 562. The minimum atomic E-state index is 0.0559. The average molecular weight is 272 g/mol. The molecule has 0 aliphatic carbocycles. The van der Waals surface area contributed by atoms with Crippen LogP contribution in [0, 0.1) is 13.8 Å². The van der Waals surface area contributed by atoms with Crippen LogP contribution in [0.2, 0.25) is 0 Å². The number of furan rings is 1. The molecule has 0 aromatic carbocycles. The number of nitrogens with zero attached hydrogens (tertiary/aromatic N) is 2. The van der Waals surface area contributed by atoms with Crippen molar-refractivity contribution in [1.82, 2.24) is 9.88 Å². The Morgan fingerprint density at radius 3 is 2.85 bits per heavy atom. The predicted octanol–water partition coefficient (Wildman–Crippen LogP) is 2.86. The molecule has 1 aliphatic rings. The van der Waals surface area contributed by atoms with Crippen LogP contribution in [0.3, 0.4) is 0 Å². The number of hydrogen-bond acceptors (Lipinski definition) is 4. The molecule has 0 spiro atoms. The van der Waals surface area contributed by atoms with E-state index in [0.29, 0.717) is 0 Å². The molecule has 1 aliphatic heterocycles. The largest absolute Gasteiger partial charge is 0.465 e. The number of pyridine rings is 1. The molecule has 1 fully saturated rings. The molecule has 4 nitrogen and oxygen atoms in total. The Morgan fingerprint density at radius 1 is 1.25 bits per heavy atom. The lowest BCUT2D eigenvalue weighted by atomic mass is 10.1. The first kappa shape index (κ1) is 13.3. The van der Waals surface area contributed by atoms with Crippen LogP contribution in [0.15, 0.2) is 34.9 Å². The highest BCUT2D eigenvalue weighted by Crippen LogP contribution is 2.22. The summed E-state index contributed by atoms with van der Waals surface area (Å²) in [5.74, 6) is 1.98. The number of ether oxygens (including phenoxy) is 1. The van der Waals surface area contributed by atoms with Crippen molar-refractivity contribution in [1.29, 1.82) is 0 Å². The molecule has 0 N–H and O–H groups in total. The van der Waals surface area contributed by atoms with Crippen LogP contribution in [0.25, 0.3) is 0 Å². The second-order valence-electron chi connectivity index (χ2n) is 5.37. The standard InChI is InChI=1S/C16H20N2O2/c1-12-3-6-15(17-9-12)16-11-18(7-8-19-16)10-14-5-4-13(2)20-14/h3-6,9,16H,7-8,10-11H2,1-2H3. The minimum absolute atomic E-state index is 0.0559. The zero-order valence-electron chi connectivity index (χ0n) is 12.0. The Morgan fingerprint density at radius 2 is 2.15 bits per heavy atom. The quantitative estimate of drug-likeness (QED) is 0.861. The highest BCUT2D eigenvalue weighted by atomic mass is 16.5. The fourth-order valence-electron chi connectivity index (χ4n) is 2.49. The van der Waals surface area contributed by atoms with Gasteiger partial charge in [-0.25, -0.2) is 0 Å². The predicted molar refractivity (Wildman–Crippen MR) is 76.4 cm³/mol. The van der Waals surface area contributed by atoms with Crippen LogP contribution in [-0.4, -0.2) is 29.6 Å². The number of rotatable bonds is 3. The van der Waals surface area contributed by atoms with Gasteiger partial charge in [-0.05, 0) is 37.6 Å². The molecule has 2 aromatic rings. The summed E-state index contributed by atoms with van der Waals surface area (Å²) in [4.78, 5) is 6.83. The lowest BCUT2D eigenvalue weighted by Crippen LogP contribution is -2.38. The maximum atomic E-state index is 5.84. The summed E-state index contributed by atoms with van der Waals surface area (Å²) in [6, 6.07) is 8.19. The summed E-state index contributed by atoms with van der Waals surface area (Å²) in [6.45, 7) is 7.38. The van der Waals surface area contributed by atoms with E-state index in [2.05, 4.69) is 22.0 Å². The Kier molecular flexibility index (Phi) is 3.85. The van der Waals surface area contributed by atoms with Gasteiger partial charge < -0.3 is 9.15 Å². The van der Waals surface area contributed by atoms with Crippen LogP contribution in [0.5, 0.6) is 0 Å². The molecule has 0 amide bonds. The monoisotopic (exact) mass is 272 g/mol. The molecule has 2 aromatic heterocycles. The molecule has 3 heterocycles. The summed E-state index contributed by atoms with van der Waals surface area (Å²) < 4.78 is 11.5. The van der Waals surface area contributed by atoms with E-state index in [4.69, 9.17) is 9.15 Å². The molecule has 106 valence electrons. The number of aryl methyl sites for hydroxylation is 2. The molecule has 0 saturated carbocycles. The fraction of sp³-hybridized carbons (Fsp3) is 0.438. The summed E-state index contributed by atoms with van der Waals surface area (Å²) in [5.41, 5.74) is 2.18. The Balaban J connectivity index is 1.65. The normalized spacial score (nSPS) is 20.2. The van der Waals surface area contributed by atoms with Crippen molar-refractivity contribution in [2.45, 2.75) is 26.5 Å². The van der Waals surface area contributed by atoms with Gasteiger partial charge in [-0.3, -0.25) is 9.88 Å². The fourth-order valence-corrected chi connectivity index (χ4v) is 2.49. The summed E-state index contributed by atoms with van der Waals surface area (Å²) >= 11 is 0.